The van der Waals surface area contributed by atoms with E-state index in [1.165, 1.54) is 58.7 Å². The van der Waals surface area contributed by atoms with Crippen molar-refractivity contribution in [1.29, 1.82) is 0 Å². The van der Waals surface area contributed by atoms with Crippen LogP contribution in [0.25, 0.3) is 38.2 Å². The van der Waals surface area contributed by atoms with Crippen LogP contribution in [0.5, 0.6) is 5.75 Å². The van der Waals surface area contributed by atoms with Crippen LogP contribution in [0.1, 0.15) is 40.7 Å². The van der Waals surface area contributed by atoms with Gasteiger partial charge in [0.2, 0.25) is 0 Å². The molecular formula is C29H22O2. The highest BCUT2D eigenvalue weighted by atomic mass is 16.3. The Morgan fingerprint density at radius 2 is 1.71 bits per heavy atom. The van der Waals surface area contributed by atoms with Crippen molar-refractivity contribution < 1.29 is 9.90 Å². The Kier molecular flexibility index (Phi) is 4.07. The molecule has 2 heteroatoms. The number of benzene rings is 4. The number of rotatable bonds is 1. The number of aromatic hydroxyl groups is 1. The summed E-state index contributed by atoms with van der Waals surface area (Å²) in [7, 11) is 0. The standard InChI is InChI=1S/C18H14.C11H8O2/c1-2-4-13-11(3-1)5-6-15-14(13)7-8-16-17-9-12(17)10-18(15)16;12-7-9-6-5-8-3-1-2-4-10(8)11(9)13/h2,4,7-10H,1,3,5-6H2;1-7,13H. The summed E-state index contributed by atoms with van der Waals surface area (Å²) in [6, 6.07) is 20.2. The van der Waals surface area contributed by atoms with Gasteiger partial charge >= 0.3 is 0 Å². The quantitative estimate of drug-likeness (QED) is 0.300. The molecule has 7 rings (SSSR count). The van der Waals surface area contributed by atoms with Gasteiger partial charge in [-0.05, 0) is 87.9 Å². The molecule has 4 aliphatic carbocycles. The fraction of sp³-hybridized carbons (Fsp3) is 0.138. The molecule has 0 bridgehead atoms. The zero-order valence-electron chi connectivity index (χ0n) is 17.2. The Balaban J connectivity index is 0.000000127. The van der Waals surface area contributed by atoms with Gasteiger partial charge in [0.15, 0.2) is 6.29 Å². The Hall–Kier alpha value is -3.65. The number of aldehydes is 1. The summed E-state index contributed by atoms with van der Waals surface area (Å²) in [4.78, 5) is 10.5. The minimum absolute atomic E-state index is 0.0631. The third-order valence-corrected chi connectivity index (χ3v) is 6.78. The Morgan fingerprint density at radius 3 is 2.61 bits per heavy atom. The van der Waals surface area contributed by atoms with E-state index in [0.29, 0.717) is 17.2 Å². The monoisotopic (exact) mass is 402 g/mol. The average Bonchev–Trinajstić information content (AvgIpc) is 3.50. The molecule has 0 fully saturated rings. The van der Waals surface area contributed by atoms with Crippen molar-refractivity contribution in [2.45, 2.75) is 25.7 Å². The first-order valence-corrected chi connectivity index (χ1v) is 10.9. The van der Waals surface area contributed by atoms with Gasteiger partial charge in [0.1, 0.15) is 5.75 Å². The van der Waals surface area contributed by atoms with Gasteiger partial charge in [0.05, 0.1) is 5.56 Å². The first kappa shape index (κ1) is 18.1. The van der Waals surface area contributed by atoms with Crippen molar-refractivity contribution in [3.8, 4) is 16.9 Å². The van der Waals surface area contributed by atoms with Gasteiger partial charge in [-0.2, -0.15) is 0 Å². The highest BCUT2D eigenvalue weighted by Gasteiger charge is 2.25. The van der Waals surface area contributed by atoms with Crippen molar-refractivity contribution >= 4 is 33.4 Å². The average molecular weight is 402 g/mol. The van der Waals surface area contributed by atoms with E-state index < -0.39 is 0 Å². The molecule has 0 saturated heterocycles. The van der Waals surface area contributed by atoms with Crippen LogP contribution < -0.4 is 0 Å². The molecule has 0 atom stereocenters. The second kappa shape index (κ2) is 6.95. The van der Waals surface area contributed by atoms with Crippen molar-refractivity contribution in [1.82, 2.24) is 0 Å². The predicted octanol–water partition coefficient (Wildman–Crippen LogP) is 7.23. The lowest BCUT2D eigenvalue weighted by Crippen LogP contribution is -2.06. The number of hydrogen-bond donors (Lipinski definition) is 1. The molecule has 0 spiro atoms. The smallest absolute Gasteiger partial charge is 0.153 e. The number of fused-ring (bicyclic) bond motifs is 7. The molecule has 4 aliphatic rings. The summed E-state index contributed by atoms with van der Waals surface area (Å²) >= 11 is 0. The number of allylic oxidation sites excluding steroid dienone is 4. The predicted molar refractivity (Wildman–Crippen MR) is 128 cm³/mol. The van der Waals surface area contributed by atoms with Gasteiger partial charge in [-0.25, -0.2) is 0 Å². The highest BCUT2D eigenvalue weighted by molar-refractivity contribution is 6.12. The molecule has 1 N–H and O–H groups in total. The van der Waals surface area contributed by atoms with Crippen LogP contribution >= 0.6 is 0 Å². The molecule has 0 heterocycles. The molecule has 2 nitrogen and oxygen atoms in total. The van der Waals surface area contributed by atoms with Crippen molar-refractivity contribution in [3.63, 3.8) is 0 Å². The van der Waals surface area contributed by atoms with Gasteiger partial charge in [-0.15, -0.1) is 0 Å². The van der Waals surface area contributed by atoms with E-state index >= 15 is 0 Å². The second-order valence-corrected chi connectivity index (χ2v) is 8.51. The lowest BCUT2D eigenvalue weighted by atomic mass is 9.80. The summed E-state index contributed by atoms with van der Waals surface area (Å²) in [5.41, 5.74) is 9.60. The number of phenolic OH excluding ortho intramolecular Hbond substituents is 1. The van der Waals surface area contributed by atoms with Crippen LogP contribution in [0.15, 0.2) is 78.4 Å². The topological polar surface area (TPSA) is 37.3 Å². The Morgan fingerprint density at radius 1 is 0.806 bits per heavy atom. The normalized spacial score (nSPS) is 15.2. The molecular weight excluding hydrogens is 380 g/mol. The van der Waals surface area contributed by atoms with Gasteiger partial charge in [0, 0.05) is 5.39 Å². The molecule has 0 unspecified atom stereocenters. The SMILES string of the molecule is C1=CC2=C(CC1)CCc1c2ccc2c3cc-3cc12.O=Cc1ccc2ccccc2c1O. The van der Waals surface area contributed by atoms with Crippen molar-refractivity contribution in [3.05, 3.63) is 95.1 Å². The summed E-state index contributed by atoms with van der Waals surface area (Å²) in [5, 5.41) is 14.3. The van der Waals surface area contributed by atoms with Crippen LogP contribution in [-0.4, -0.2) is 11.4 Å². The molecule has 0 aliphatic heterocycles. The van der Waals surface area contributed by atoms with E-state index in [2.05, 4.69) is 36.4 Å². The van der Waals surface area contributed by atoms with E-state index in [1.54, 1.807) is 23.3 Å². The summed E-state index contributed by atoms with van der Waals surface area (Å²) in [6.45, 7) is 0. The number of carbonyl (C=O) groups is 1. The molecule has 0 radical (unpaired) electrons. The first-order chi connectivity index (χ1) is 15.2. The van der Waals surface area contributed by atoms with E-state index in [0.717, 1.165) is 5.39 Å². The zero-order valence-corrected chi connectivity index (χ0v) is 17.2. The van der Waals surface area contributed by atoms with Crippen LogP contribution in [-0.2, 0) is 6.42 Å². The molecule has 0 saturated carbocycles. The maximum atomic E-state index is 10.5. The Labute approximate surface area is 181 Å². The third-order valence-electron chi connectivity index (χ3n) is 6.78. The van der Waals surface area contributed by atoms with E-state index in [1.807, 2.05) is 24.3 Å². The highest BCUT2D eigenvalue weighted by Crippen LogP contribution is 2.47. The van der Waals surface area contributed by atoms with Crippen molar-refractivity contribution in [2.24, 2.45) is 0 Å². The van der Waals surface area contributed by atoms with E-state index in [4.69, 9.17) is 0 Å². The largest absolute Gasteiger partial charge is 0.507 e. The van der Waals surface area contributed by atoms with E-state index in [-0.39, 0.29) is 5.75 Å². The number of hydrogen-bond acceptors (Lipinski definition) is 2. The molecule has 3 aromatic rings. The zero-order chi connectivity index (χ0) is 20.9. The maximum absolute atomic E-state index is 10.5. The molecule has 150 valence electrons. The fourth-order valence-electron chi connectivity index (χ4n) is 5.11. The lowest BCUT2D eigenvalue weighted by Gasteiger charge is -2.24. The molecule has 0 aromatic heterocycles. The van der Waals surface area contributed by atoms with Gasteiger partial charge in [-0.3, -0.25) is 4.79 Å². The first-order valence-electron chi connectivity index (χ1n) is 10.9. The van der Waals surface area contributed by atoms with Crippen molar-refractivity contribution in [2.75, 3.05) is 0 Å². The third kappa shape index (κ3) is 2.90. The maximum Gasteiger partial charge on any atom is 0.153 e. The van der Waals surface area contributed by atoms with Gasteiger partial charge in [0.25, 0.3) is 0 Å². The number of carbonyl (C=O) groups excluding carboxylic acids is 1. The number of aryl methyl sites for hydroxylation is 1. The minimum Gasteiger partial charge on any atom is -0.507 e. The van der Waals surface area contributed by atoms with Gasteiger partial charge in [-0.1, -0.05) is 60.2 Å². The van der Waals surface area contributed by atoms with Crippen LogP contribution in [0, 0.1) is 0 Å². The summed E-state index contributed by atoms with van der Waals surface area (Å²) in [6.07, 6.45) is 10.4. The summed E-state index contributed by atoms with van der Waals surface area (Å²) in [5.74, 6) is 0.0631. The summed E-state index contributed by atoms with van der Waals surface area (Å²) < 4.78 is 0. The van der Waals surface area contributed by atoms with Crippen LogP contribution in [0.2, 0.25) is 0 Å². The van der Waals surface area contributed by atoms with E-state index in [9.17, 15) is 9.90 Å². The van der Waals surface area contributed by atoms with Crippen LogP contribution in [0.4, 0.5) is 0 Å². The molecule has 31 heavy (non-hydrogen) atoms. The fourth-order valence-corrected chi connectivity index (χ4v) is 5.11. The molecule has 0 amide bonds. The Bertz CT molecular complexity index is 1450. The minimum atomic E-state index is 0.0631. The van der Waals surface area contributed by atoms with Crippen LogP contribution in [0.3, 0.4) is 0 Å². The second-order valence-electron chi connectivity index (χ2n) is 8.51. The number of phenols is 1. The lowest BCUT2D eigenvalue weighted by molar-refractivity contribution is 0.112. The van der Waals surface area contributed by atoms with Gasteiger partial charge < -0.3 is 5.11 Å². The molecule has 3 aromatic carbocycles.